The van der Waals surface area contributed by atoms with Crippen LogP contribution in [-0.4, -0.2) is 19.5 Å². The lowest BCUT2D eigenvalue weighted by Crippen LogP contribution is -2.27. The molecule has 0 atom stereocenters. The number of anilines is 2. The highest BCUT2D eigenvalue weighted by Gasteiger charge is 2.15. The van der Waals surface area contributed by atoms with Crippen molar-refractivity contribution in [1.82, 2.24) is 0 Å². The molecule has 0 saturated carbocycles. The standard InChI is InChI=1S/C12H19N3O/c1-8(2)7-15(3)11-9(12(14)16)5-4-6-10(11)13/h4-6,8H,7,13H2,1-3H3,(H2,14,16). The number of amides is 1. The van der Waals surface area contributed by atoms with Crippen LogP contribution < -0.4 is 16.4 Å². The van der Waals surface area contributed by atoms with Gasteiger partial charge in [0.25, 0.3) is 5.91 Å². The summed E-state index contributed by atoms with van der Waals surface area (Å²) in [7, 11) is 1.91. The first kappa shape index (κ1) is 12.4. The Kier molecular flexibility index (Phi) is 3.77. The molecule has 4 N–H and O–H groups in total. The molecule has 0 aromatic heterocycles. The molecule has 0 fully saturated rings. The molecule has 1 rings (SSSR count). The van der Waals surface area contributed by atoms with Crippen LogP contribution in [0.5, 0.6) is 0 Å². The number of primary amides is 1. The van der Waals surface area contributed by atoms with E-state index in [9.17, 15) is 4.79 Å². The number of hydrogen-bond donors (Lipinski definition) is 2. The predicted molar refractivity (Wildman–Crippen MR) is 67.5 cm³/mol. The van der Waals surface area contributed by atoms with E-state index in [0.29, 0.717) is 17.2 Å². The molecule has 4 nitrogen and oxygen atoms in total. The van der Waals surface area contributed by atoms with Gasteiger partial charge in [-0.3, -0.25) is 4.79 Å². The van der Waals surface area contributed by atoms with Gasteiger partial charge in [0.05, 0.1) is 16.9 Å². The summed E-state index contributed by atoms with van der Waals surface area (Å²) in [6, 6.07) is 5.21. The van der Waals surface area contributed by atoms with Crippen molar-refractivity contribution in [3.8, 4) is 0 Å². The Bertz CT molecular complexity index is 388. The third-order valence-electron chi connectivity index (χ3n) is 2.35. The number of para-hydroxylation sites is 1. The van der Waals surface area contributed by atoms with Crippen molar-refractivity contribution in [1.29, 1.82) is 0 Å². The molecule has 16 heavy (non-hydrogen) atoms. The van der Waals surface area contributed by atoms with E-state index in [-0.39, 0.29) is 0 Å². The van der Waals surface area contributed by atoms with Gasteiger partial charge in [0.1, 0.15) is 0 Å². The van der Waals surface area contributed by atoms with E-state index >= 15 is 0 Å². The normalized spacial score (nSPS) is 10.5. The summed E-state index contributed by atoms with van der Waals surface area (Å²) in [5.41, 5.74) is 13.0. The first-order chi connectivity index (χ1) is 7.43. The number of benzene rings is 1. The lowest BCUT2D eigenvalue weighted by molar-refractivity contribution is 0.100. The number of nitrogens with two attached hydrogens (primary N) is 2. The van der Waals surface area contributed by atoms with Crippen LogP contribution in [-0.2, 0) is 0 Å². The maximum Gasteiger partial charge on any atom is 0.250 e. The van der Waals surface area contributed by atoms with Gasteiger partial charge in [-0.2, -0.15) is 0 Å². The van der Waals surface area contributed by atoms with Gasteiger partial charge in [0, 0.05) is 13.6 Å². The summed E-state index contributed by atoms with van der Waals surface area (Å²) in [6.45, 7) is 5.05. The minimum Gasteiger partial charge on any atom is -0.397 e. The number of nitrogen functional groups attached to an aromatic ring is 1. The summed E-state index contributed by atoms with van der Waals surface area (Å²) in [5, 5.41) is 0. The minimum atomic E-state index is -0.446. The second-order valence-electron chi connectivity index (χ2n) is 4.38. The molecule has 0 radical (unpaired) electrons. The van der Waals surface area contributed by atoms with Gasteiger partial charge >= 0.3 is 0 Å². The van der Waals surface area contributed by atoms with Crippen molar-refractivity contribution in [2.75, 3.05) is 24.2 Å². The Morgan fingerprint density at radius 3 is 2.56 bits per heavy atom. The fourth-order valence-electron chi connectivity index (χ4n) is 1.83. The van der Waals surface area contributed by atoms with E-state index in [1.165, 1.54) is 0 Å². The van der Waals surface area contributed by atoms with Gasteiger partial charge in [0.15, 0.2) is 0 Å². The molecular weight excluding hydrogens is 202 g/mol. The Morgan fingerprint density at radius 2 is 2.06 bits per heavy atom. The van der Waals surface area contributed by atoms with Crippen LogP contribution in [0.4, 0.5) is 11.4 Å². The van der Waals surface area contributed by atoms with Crippen LogP contribution in [0.15, 0.2) is 18.2 Å². The largest absolute Gasteiger partial charge is 0.397 e. The summed E-state index contributed by atoms with van der Waals surface area (Å²) in [6.07, 6.45) is 0. The highest BCUT2D eigenvalue weighted by Crippen LogP contribution is 2.27. The lowest BCUT2D eigenvalue weighted by atomic mass is 10.1. The molecule has 0 saturated heterocycles. The molecule has 88 valence electrons. The van der Waals surface area contributed by atoms with E-state index in [0.717, 1.165) is 12.2 Å². The first-order valence-electron chi connectivity index (χ1n) is 5.33. The van der Waals surface area contributed by atoms with Gasteiger partial charge in [-0.1, -0.05) is 19.9 Å². The molecule has 0 spiro atoms. The number of hydrogen-bond acceptors (Lipinski definition) is 3. The van der Waals surface area contributed by atoms with Gasteiger partial charge in [-0.15, -0.1) is 0 Å². The molecule has 1 aromatic carbocycles. The molecule has 1 amide bonds. The summed E-state index contributed by atoms with van der Waals surface area (Å²) in [5.74, 6) is 0.0447. The van der Waals surface area contributed by atoms with Crippen molar-refractivity contribution >= 4 is 17.3 Å². The number of carbonyl (C=O) groups excluding carboxylic acids is 1. The summed E-state index contributed by atoms with van der Waals surface area (Å²) >= 11 is 0. The van der Waals surface area contributed by atoms with E-state index in [1.807, 2.05) is 11.9 Å². The van der Waals surface area contributed by atoms with Gasteiger partial charge in [-0.05, 0) is 18.1 Å². The van der Waals surface area contributed by atoms with Crippen molar-refractivity contribution in [2.24, 2.45) is 11.7 Å². The van der Waals surface area contributed by atoms with Gasteiger partial charge in [0.2, 0.25) is 0 Å². The van der Waals surface area contributed by atoms with Crippen LogP contribution in [0.3, 0.4) is 0 Å². The van der Waals surface area contributed by atoms with E-state index in [2.05, 4.69) is 13.8 Å². The number of nitrogens with zero attached hydrogens (tertiary/aromatic N) is 1. The van der Waals surface area contributed by atoms with Crippen LogP contribution in [0.1, 0.15) is 24.2 Å². The fourth-order valence-corrected chi connectivity index (χ4v) is 1.83. The smallest absolute Gasteiger partial charge is 0.250 e. The molecule has 0 bridgehead atoms. The third-order valence-corrected chi connectivity index (χ3v) is 2.35. The first-order valence-corrected chi connectivity index (χ1v) is 5.33. The molecule has 0 aliphatic carbocycles. The number of rotatable bonds is 4. The van der Waals surface area contributed by atoms with E-state index < -0.39 is 5.91 Å². The van der Waals surface area contributed by atoms with Crippen molar-refractivity contribution in [3.05, 3.63) is 23.8 Å². The molecule has 1 aromatic rings. The maximum atomic E-state index is 11.3. The zero-order valence-corrected chi connectivity index (χ0v) is 10.0. The van der Waals surface area contributed by atoms with Crippen LogP contribution >= 0.6 is 0 Å². The van der Waals surface area contributed by atoms with Gasteiger partial charge < -0.3 is 16.4 Å². The zero-order valence-electron chi connectivity index (χ0n) is 10.0. The van der Waals surface area contributed by atoms with Crippen molar-refractivity contribution in [2.45, 2.75) is 13.8 Å². The average Bonchev–Trinajstić information content (AvgIpc) is 2.15. The highest BCUT2D eigenvalue weighted by atomic mass is 16.1. The molecule has 0 aliphatic rings. The maximum absolute atomic E-state index is 11.3. The topological polar surface area (TPSA) is 72.3 Å². The monoisotopic (exact) mass is 221 g/mol. The molecular formula is C12H19N3O. The summed E-state index contributed by atoms with van der Waals surface area (Å²) < 4.78 is 0. The van der Waals surface area contributed by atoms with Crippen molar-refractivity contribution in [3.63, 3.8) is 0 Å². The Balaban J connectivity index is 3.14. The average molecular weight is 221 g/mol. The second-order valence-corrected chi connectivity index (χ2v) is 4.38. The SMILES string of the molecule is CC(C)CN(C)c1c(N)cccc1C(N)=O. The van der Waals surface area contributed by atoms with Crippen molar-refractivity contribution < 1.29 is 4.79 Å². The Hall–Kier alpha value is -1.71. The lowest BCUT2D eigenvalue weighted by Gasteiger charge is -2.24. The van der Waals surface area contributed by atoms with E-state index in [4.69, 9.17) is 11.5 Å². The molecule has 0 heterocycles. The summed E-state index contributed by atoms with van der Waals surface area (Å²) in [4.78, 5) is 13.3. The second kappa shape index (κ2) is 4.88. The quantitative estimate of drug-likeness (QED) is 0.756. The van der Waals surface area contributed by atoms with Crippen LogP contribution in [0, 0.1) is 5.92 Å². The predicted octanol–water partition coefficient (Wildman–Crippen LogP) is 1.46. The highest BCUT2D eigenvalue weighted by molar-refractivity contribution is 6.01. The van der Waals surface area contributed by atoms with Crippen LogP contribution in [0.2, 0.25) is 0 Å². The fraction of sp³-hybridized carbons (Fsp3) is 0.417. The minimum absolute atomic E-state index is 0.446. The molecule has 0 aliphatic heterocycles. The third kappa shape index (κ3) is 2.66. The Labute approximate surface area is 96.2 Å². The number of carbonyl (C=O) groups is 1. The van der Waals surface area contributed by atoms with Gasteiger partial charge in [-0.25, -0.2) is 0 Å². The van der Waals surface area contributed by atoms with Crippen LogP contribution in [0.25, 0.3) is 0 Å². The zero-order chi connectivity index (χ0) is 12.3. The van der Waals surface area contributed by atoms with E-state index in [1.54, 1.807) is 18.2 Å². The molecule has 0 unspecified atom stereocenters. The molecule has 4 heteroatoms. The Morgan fingerprint density at radius 1 is 1.44 bits per heavy atom.